The molecule has 3 aliphatic carbocycles. The van der Waals surface area contributed by atoms with Crippen molar-refractivity contribution in [1.29, 1.82) is 0 Å². The Balaban J connectivity index is 0.000000171. The number of aromatic nitrogens is 1. The summed E-state index contributed by atoms with van der Waals surface area (Å²) in [7, 11) is 0. The molecule has 20 aromatic rings. The predicted octanol–water partition coefficient (Wildman–Crippen LogP) is 38.5. The number of nitrogens with zero attached hydrogens (tertiary/aromatic N) is 1. The maximum Gasteiger partial charge on any atom is 0.0713 e. The predicted molar refractivity (Wildman–Crippen MR) is 604 cm³/mol. The summed E-state index contributed by atoms with van der Waals surface area (Å²) in [5.74, 6) is 0. The van der Waals surface area contributed by atoms with E-state index in [2.05, 4.69) is 533 Å². The Morgan fingerprint density at radius 1 is 0.159 bits per heavy atom. The van der Waals surface area contributed by atoms with E-state index in [0.717, 1.165) is 0 Å². The average molecular weight is 1800 g/mol. The molecule has 0 N–H and O–H groups in total. The van der Waals surface area contributed by atoms with E-state index in [0.29, 0.717) is 0 Å². The van der Waals surface area contributed by atoms with Crippen molar-refractivity contribution in [2.75, 3.05) is 0 Å². The Kier molecular flexibility index (Phi) is 41.0. The Hall–Kier alpha value is -15.0. The molecule has 0 aliphatic heterocycles. The van der Waals surface area contributed by atoms with Crippen LogP contribution in [0.15, 0.2) is 522 Å². The van der Waals surface area contributed by atoms with Crippen molar-refractivity contribution >= 4 is 21.8 Å². The van der Waals surface area contributed by atoms with Gasteiger partial charge in [-0.3, -0.25) is 0 Å². The molecule has 0 saturated carbocycles. The van der Waals surface area contributed by atoms with Crippen molar-refractivity contribution in [3.63, 3.8) is 0 Å². The van der Waals surface area contributed by atoms with Gasteiger partial charge in [0.2, 0.25) is 0 Å². The number of rotatable bonds is 11. The highest BCUT2D eigenvalue weighted by molar-refractivity contribution is 6.09. The lowest BCUT2D eigenvalue weighted by molar-refractivity contribution is 0.745. The molecule has 138 heavy (non-hydrogen) atoms. The summed E-state index contributed by atoms with van der Waals surface area (Å²) in [6, 6.07) is 187. The number of fused-ring (bicyclic) bond motifs is 12. The van der Waals surface area contributed by atoms with Gasteiger partial charge in [-0.05, 0) is 159 Å². The largest absolute Gasteiger partial charge is 0.309 e. The van der Waals surface area contributed by atoms with Crippen LogP contribution in [0.2, 0.25) is 0 Å². The molecule has 1 aromatic heterocycles. The van der Waals surface area contributed by atoms with Crippen LogP contribution in [0.1, 0.15) is 219 Å². The number of hydrogen-bond acceptors (Lipinski definition) is 0. The van der Waals surface area contributed by atoms with Gasteiger partial charge in [0.15, 0.2) is 0 Å². The average Bonchev–Trinajstić information content (AvgIpc) is 1.55. The smallest absolute Gasteiger partial charge is 0.0713 e. The molecule has 1 nitrogen and oxygen atoms in total. The summed E-state index contributed by atoms with van der Waals surface area (Å²) in [4.78, 5) is 0. The van der Waals surface area contributed by atoms with Gasteiger partial charge in [0.1, 0.15) is 0 Å². The molecule has 0 fully saturated rings. The van der Waals surface area contributed by atoms with Crippen molar-refractivity contribution < 1.29 is 0 Å². The molecule has 3 aliphatic rings. The fraction of sp³-hybridized carbons (Fsp3) is 0.168. The highest BCUT2D eigenvalue weighted by Crippen LogP contribution is 2.60. The van der Waals surface area contributed by atoms with Gasteiger partial charge < -0.3 is 4.57 Å². The van der Waals surface area contributed by atoms with Crippen LogP contribution in [0.4, 0.5) is 0 Å². The Labute approximate surface area is 829 Å². The first-order valence-electron chi connectivity index (χ1n) is 50.7. The molecular formula is C137H143N. The van der Waals surface area contributed by atoms with Crippen molar-refractivity contribution in [3.05, 3.63) is 616 Å². The quantitative estimate of drug-likeness (QED) is 0.114. The monoisotopic (exact) mass is 1800 g/mol. The minimum atomic E-state index is -0.328. The van der Waals surface area contributed by atoms with E-state index in [-0.39, 0.29) is 21.7 Å². The van der Waals surface area contributed by atoms with E-state index in [9.17, 15) is 0 Å². The summed E-state index contributed by atoms with van der Waals surface area (Å²) in [6.07, 6.45) is 0. The molecule has 0 amide bonds. The molecule has 0 bridgehead atoms. The highest BCUT2D eigenvalue weighted by atomic mass is 15.0. The lowest BCUT2D eigenvalue weighted by atomic mass is 9.65. The number of aryl methyl sites for hydroxylation is 1. The maximum atomic E-state index is 2.32. The van der Waals surface area contributed by atoms with Gasteiger partial charge in [-0.2, -0.15) is 0 Å². The first-order valence-corrected chi connectivity index (χ1v) is 50.7. The van der Waals surface area contributed by atoms with Crippen molar-refractivity contribution in [3.8, 4) is 39.1 Å². The minimum Gasteiger partial charge on any atom is -0.309 e. The van der Waals surface area contributed by atoms with Crippen LogP contribution >= 0.6 is 0 Å². The topological polar surface area (TPSA) is 4.93 Å². The van der Waals surface area contributed by atoms with Crippen molar-refractivity contribution in [2.45, 2.75) is 153 Å². The third-order valence-electron chi connectivity index (χ3n) is 24.8. The second-order valence-corrected chi connectivity index (χ2v) is 31.1. The summed E-state index contributed by atoms with van der Waals surface area (Å²) < 4.78 is 2.32. The Morgan fingerprint density at radius 2 is 0.341 bits per heavy atom. The normalized spacial score (nSPS) is 11.6. The number of para-hydroxylation sites is 3. The summed E-state index contributed by atoms with van der Waals surface area (Å²) >= 11 is 0. The van der Waals surface area contributed by atoms with Crippen LogP contribution in [-0.4, -0.2) is 4.57 Å². The molecule has 0 unspecified atom stereocenters. The molecule has 0 radical (unpaired) electrons. The molecule has 0 atom stereocenters. The van der Waals surface area contributed by atoms with E-state index in [4.69, 9.17) is 0 Å². The van der Waals surface area contributed by atoms with E-state index in [1.165, 1.54) is 155 Å². The third-order valence-corrected chi connectivity index (χ3v) is 24.8. The maximum absolute atomic E-state index is 2.32. The van der Waals surface area contributed by atoms with Gasteiger partial charge in [-0.1, -0.05) is 622 Å². The first-order chi connectivity index (χ1) is 68.5. The summed E-state index contributed by atoms with van der Waals surface area (Å²) in [5.41, 5.74) is 33.3. The van der Waals surface area contributed by atoms with E-state index < -0.39 is 0 Å². The van der Waals surface area contributed by atoms with E-state index >= 15 is 0 Å². The van der Waals surface area contributed by atoms with E-state index in [1.807, 2.05) is 125 Å². The fourth-order valence-electron chi connectivity index (χ4n) is 20.0. The number of hydrogen-bond donors (Lipinski definition) is 0. The van der Waals surface area contributed by atoms with Gasteiger partial charge in [0, 0.05) is 16.5 Å². The van der Waals surface area contributed by atoms with Crippen LogP contribution < -0.4 is 0 Å². The highest BCUT2D eigenvalue weighted by Gasteiger charge is 2.49. The molecule has 696 valence electrons. The zero-order valence-corrected chi connectivity index (χ0v) is 85.1. The second-order valence-electron chi connectivity index (χ2n) is 31.1. The number of benzene rings is 19. The van der Waals surface area contributed by atoms with Gasteiger partial charge in [-0.15, -0.1) is 0 Å². The molecule has 23 rings (SSSR count). The van der Waals surface area contributed by atoms with Crippen LogP contribution in [0, 0.1) is 6.92 Å². The second kappa shape index (κ2) is 53.9. The molecule has 19 aromatic carbocycles. The summed E-state index contributed by atoms with van der Waals surface area (Å²) in [5, 5.41) is 2.61. The fourth-order valence-corrected chi connectivity index (χ4v) is 20.0. The standard InChI is InChI=1S/C26H20.2C25H18.C25H20.C18H13N.9C2H6/c1-19-11-10-18-24-25(19)22-16-8-9-17-23(22)26(24,20-12-4-2-5-13-20)21-14-6-3-7-15-21;2*1-3-11-19(12-4-1)25(20-13-5-2-6-14-20)23-17-9-7-15-21(23)22-16-8-10-18-24(22)25;1-5-13-21(14-6-1)25(22-15-7-2-8-16-22,23-17-9-3-10-18-23)24-19-11-4-12-20-24;1-2-8-14(9-3-1)19-17-12-6-4-10-15(17)16-11-5-7-13-18(16)19;9*1-2/h2-18H,1H3;2*1-18H;1-20H;1-13H;9*1-2H3. The summed E-state index contributed by atoms with van der Waals surface area (Å²) in [6.45, 7) is 38.2. The molecular weight excluding hydrogens is 1660 g/mol. The van der Waals surface area contributed by atoms with Crippen LogP contribution in [-0.2, 0) is 21.7 Å². The first kappa shape index (κ1) is 105. The van der Waals surface area contributed by atoms with Gasteiger partial charge >= 0.3 is 0 Å². The minimum absolute atomic E-state index is 0.254. The van der Waals surface area contributed by atoms with Gasteiger partial charge in [0.25, 0.3) is 0 Å². The lowest BCUT2D eigenvalue weighted by Gasteiger charge is -2.36. The van der Waals surface area contributed by atoms with Crippen LogP contribution in [0.25, 0.3) is 60.9 Å². The van der Waals surface area contributed by atoms with Crippen LogP contribution in [0.5, 0.6) is 0 Å². The zero-order chi connectivity index (χ0) is 98.6. The molecule has 0 saturated heterocycles. The lowest BCUT2D eigenvalue weighted by Crippen LogP contribution is -2.30. The van der Waals surface area contributed by atoms with E-state index in [1.54, 1.807) is 0 Å². The Morgan fingerprint density at radius 3 is 0.594 bits per heavy atom. The van der Waals surface area contributed by atoms with Gasteiger partial charge in [0.05, 0.1) is 32.7 Å². The SMILES string of the molecule is CC.CC.CC.CC.CC.CC.CC.CC.CC.Cc1cccc2c1-c1ccccc1C2(c1ccccc1)c1ccccc1.c1ccc(-n2c3ccccc3c3ccccc32)cc1.c1ccc(C(c2ccccc2)(c2ccccc2)c2ccccc2)cc1.c1ccc(C2(c3ccccc3)c3ccccc3-c3ccccc32)cc1.c1ccc(C2(c3ccccc3)c3ccccc3-c3ccccc32)cc1. The molecule has 0 spiro atoms. The molecule has 1 heteroatoms. The zero-order valence-electron chi connectivity index (χ0n) is 85.1. The third kappa shape index (κ3) is 21.0. The van der Waals surface area contributed by atoms with Gasteiger partial charge in [-0.25, -0.2) is 0 Å². The Bertz CT molecular complexity index is 6090. The van der Waals surface area contributed by atoms with Crippen LogP contribution in [0.3, 0.4) is 0 Å². The molecule has 1 heterocycles. The van der Waals surface area contributed by atoms with Crippen molar-refractivity contribution in [2.24, 2.45) is 0 Å². The van der Waals surface area contributed by atoms with Crippen molar-refractivity contribution in [1.82, 2.24) is 4.57 Å².